The van der Waals surface area contributed by atoms with E-state index in [4.69, 9.17) is 5.73 Å². The van der Waals surface area contributed by atoms with E-state index >= 15 is 0 Å². The van der Waals surface area contributed by atoms with E-state index in [9.17, 15) is 4.79 Å². The third-order valence-electron chi connectivity index (χ3n) is 4.82. The van der Waals surface area contributed by atoms with Gasteiger partial charge in [-0.15, -0.1) is 0 Å². The highest BCUT2D eigenvalue weighted by Gasteiger charge is 2.45. The molecule has 3 nitrogen and oxygen atoms in total. The summed E-state index contributed by atoms with van der Waals surface area (Å²) < 4.78 is 0. The van der Waals surface area contributed by atoms with Crippen LogP contribution in [0.15, 0.2) is 0 Å². The Morgan fingerprint density at radius 3 is 2.78 bits per heavy atom. The average molecular weight is 270 g/mol. The number of carbonyl (C=O) groups is 1. The second-order valence-corrected chi connectivity index (χ2v) is 6.94. The normalized spacial score (nSPS) is 33.6. The molecule has 2 N–H and O–H groups in total. The molecule has 0 radical (unpaired) electrons. The average Bonchev–Trinajstić information content (AvgIpc) is 2.95. The lowest BCUT2D eigenvalue weighted by Gasteiger charge is -2.26. The van der Waals surface area contributed by atoms with E-state index in [1.165, 1.54) is 19.3 Å². The van der Waals surface area contributed by atoms with Crippen molar-refractivity contribution in [3.8, 4) is 0 Å². The quantitative estimate of drug-likeness (QED) is 0.770. The molecule has 0 unspecified atom stereocenters. The summed E-state index contributed by atoms with van der Waals surface area (Å²) in [5.41, 5.74) is 6.37. The number of thiol groups is 1. The largest absolute Gasteiger partial charge is 0.341 e. The second kappa shape index (κ2) is 5.41. The Bertz CT molecular complexity index is 321. The monoisotopic (exact) mass is 270 g/mol. The molecule has 2 fully saturated rings. The minimum absolute atomic E-state index is 0.149. The second-order valence-electron chi connectivity index (χ2n) is 6.57. The predicted octanol–water partition coefficient (Wildman–Crippen LogP) is 1.92. The highest BCUT2D eigenvalue weighted by atomic mass is 32.1. The molecule has 1 saturated carbocycles. The summed E-state index contributed by atoms with van der Waals surface area (Å²) in [6.45, 7) is 5.86. The highest BCUT2D eigenvalue weighted by molar-refractivity contribution is 7.80. The molecule has 18 heavy (non-hydrogen) atoms. The lowest BCUT2D eigenvalue weighted by atomic mass is 9.84. The fourth-order valence-corrected chi connectivity index (χ4v) is 3.78. The van der Waals surface area contributed by atoms with Crippen LogP contribution in [0.2, 0.25) is 0 Å². The Kier molecular flexibility index (Phi) is 4.27. The Labute approximate surface area is 116 Å². The van der Waals surface area contributed by atoms with Gasteiger partial charge in [0.1, 0.15) is 0 Å². The minimum Gasteiger partial charge on any atom is -0.341 e. The van der Waals surface area contributed by atoms with E-state index in [2.05, 4.69) is 12.6 Å². The van der Waals surface area contributed by atoms with E-state index < -0.39 is 0 Å². The zero-order valence-corrected chi connectivity index (χ0v) is 12.5. The zero-order chi connectivity index (χ0) is 13.3. The van der Waals surface area contributed by atoms with E-state index in [0.29, 0.717) is 5.41 Å². The number of hydrogen-bond acceptors (Lipinski definition) is 3. The van der Waals surface area contributed by atoms with Crippen LogP contribution < -0.4 is 5.73 Å². The zero-order valence-electron chi connectivity index (χ0n) is 11.6. The van der Waals surface area contributed by atoms with Crippen LogP contribution >= 0.6 is 12.6 Å². The van der Waals surface area contributed by atoms with Gasteiger partial charge < -0.3 is 10.6 Å². The number of rotatable bonds is 3. The molecule has 1 amide bonds. The SMILES string of the molecule is CC(C)[C@H](N)C(=O)N1CC[C@]2(CC[C@@H](CS)C2)C1. The fourth-order valence-electron chi connectivity index (χ4n) is 3.47. The number of nitrogens with two attached hydrogens (primary N) is 1. The van der Waals surface area contributed by atoms with Crippen LogP contribution in [-0.4, -0.2) is 35.7 Å². The van der Waals surface area contributed by atoms with Gasteiger partial charge in [0.25, 0.3) is 0 Å². The molecule has 4 heteroatoms. The smallest absolute Gasteiger partial charge is 0.239 e. The molecule has 0 aromatic heterocycles. The van der Waals surface area contributed by atoms with Gasteiger partial charge in [-0.3, -0.25) is 4.79 Å². The van der Waals surface area contributed by atoms with Crippen molar-refractivity contribution in [1.29, 1.82) is 0 Å². The first-order valence-corrected chi connectivity index (χ1v) is 7.76. The van der Waals surface area contributed by atoms with Gasteiger partial charge in [-0.25, -0.2) is 0 Å². The van der Waals surface area contributed by atoms with Crippen LogP contribution in [0.1, 0.15) is 39.5 Å². The molecular weight excluding hydrogens is 244 g/mol. The van der Waals surface area contributed by atoms with Crippen molar-refractivity contribution in [3.05, 3.63) is 0 Å². The molecule has 1 spiro atoms. The Morgan fingerprint density at radius 1 is 1.50 bits per heavy atom. The van der Waals surface area contributed by atoms with Crippen LogP contribution in [-0.2, 0) is 4.79 Å². The molecule has 0 bridgehead atoms. The van der Waals surface area contributed by atoms with Gasteiger partial charge >= 0.3 is 0 Å². The van der Waals surface area contributed by atoms with Crippen molar-refractivity contribution in [1.82, 2.24) is 4.90 Å². The number of amides is 1. The molecule has 0 aromatic carbocycles. The maximum absolute atomic E-state index is 12.3. The van der Waals surface area contributed by atoms with Crippen molar-refractivity contribution in [2.24, 2.45) is 23.0 Å². The highest BCUT2D eigenvalue weighted by Crippen LogP contribution is 2.48. The van der Waals surface area contributed by atoms with Gasteiger partial charge in [0, 0.05) is 13.1 Å². The summed E-state index contributed by atoms with van der Waals surface area (Å²) in [6, 6.07) is -0.331. The van der Waals surface area contributed by atoms with Crippen LogP contribution in [0.3, 0.4) is 0 Å². The summed E-state index contributed by atoms with van der Waals surface area (Å²) in [4.78, 5) is 14.3. The van der Waals surface area contributed by atoms with Gasteiger partial charge in [-0.05, 0) is 48.7 Å². The lowest BCUT2D eigenvalue weighted by Crippen LogP contribution is -2.46. The maximum Gasteiger partial charge on any atom is 0.239 e. The van der Waals surface area contributed by atoms with Crippen LogP contribution in [0.5, 0.6) is 0 Å². The van der Waals surface area contributed by atoms with Crippen molar-refractivity contribution >= 4 is 18.5 Å². The van der Waals surface area contributed by atoms with E-state index in [1.807, 2.05) is 18.7 Å². The summed E-state index contributed by atoms with van der Waals surface area (Å²) in [5.74, 6) is 2.11. The summed E-state index contributed by atoms with van der Waals surface area (Å²) in [6.07, 6.45) is 4.95. The predicted molar refractivity (Wildman–Crippen MR) is 77.6 cm³/mol. The van der Waals surface area contributed by atoms with Gasteiger partial charge in [0.15, 0.2) is 0 Å². The fraction of sp³-hybridized carbons (Fsp3) is 0.929. The first-order chi connectivity index (χ1) is 8.47. The molecule has 1 aliphatic heterocycles. The number of likely N-dealkylation sites (tertiary alicyclic amines) is 1. The van der Waals surface area contributed by atoms with Gasteiger partial charge in [-0.2, -0.15) is 12.6 Å². The number of hydrogen-bond donors (Lipinski definition) is 2. The van der Waals surface area contributed by atoms with Crippen molar-refractivity contribution in [2.45, 2.75) is 45.6 Å². The molecule has 3 atom stereocenters. The molecular formula is C14H26N2OS. The van der Waals surface area contributed by atoms with Gasteiger partial charge in [0.2, 0.25) is 5.91 Å². The summed E-state index contributed by atoms with van der Waals surface area (Å²) in [7, 11) is 0. The standard InChI is InChI=1S/C14H26N2OS/c1-10(2)12(15)13(17)16-6-5-14(9-16)4-3-11(7-14)8-18/h10-12,18H,3-9,15H2,1-2H3/t11-,12+,14+/m1/s1. The Hall–Kier alpha value is -0.220. The molecule has 1 aliphatic carbocycles. The summed E-state index contributed by atoms with van der Waals surface area (Å²) in [5, 5.41) is 0. The first kappa shape index (κ1) is 14.2. The van der Waals surface area contributed by atoms with Crippen molar-refractivity contribution in [3.63, 3.8) is 0 Å². The van der Waals surface area contributed by atoms with Gasteiger partial charge in [-0.1, -0.05) is 13.8 Å². The van der Waals surface area contributed by atoms with E-state index in [1.54, 1.807) is 0 Å². The summed E-state index contributed by atoms with van der Waals surface area (Å²) >= 11 is 4.41. The third kappa shape index (κ3) is 2.69. The Balaban J connectivity index is 1.94. The minimum atomic E-state index is -0.331. The van der Waals surface area contributed by atoms with Crippen LogP contribution in [0.4, 0.5) is 0 Å². The molecule has 1 saturated heterocycles. The first-order valence-electron chi connectivity index (χ1n) is 7.13. The van der Waals surface area contributed by atoms with Gasteiger partial charge in [0.05, 0.1) is 6.04 Å². The molecule has 1 heterocycles. The maximum atomic E-state index is 12.3. The lowest BCUT2D eigenvalue weighted by molar-refractivity contribution is -0.132. The molecule has 0 aromatic rings. The topological polar surface area (TPSA) is 46.3 Å². The van der Waals surface area contributed by atoms with Crippen molar-refractivity contribution < 1.29 is 4.79 Å². The van der Waals surface area contributed by atoms with Crippen LogP contribution in [0.25, 0.3) is 0 Å². The molecule has 2 rings (SSSR count). The van der Waals surface area contributed by atoms with E-state index in [0.717, 1.165) is 31.2 Å². The van der Waals surface area contributed by atoms with E-state index in [-0.39, 0.29) is 17.9 Å². The number of carbonyl (C=O) groups excluding carboxylic acids is 1. The van der Waals surface area contributed by atoms with Crippen molar-refractivity contribution in [2.75, 3.05) is 18.8 Å². The molecule has 2 aliphatic rings. The van der Waals surface area contributed by atoms with Crippen LogP contribution in [0, 0.1) is 17.3 Å². The Morgan fingerprint density at radius 2 is 2.22 bits per heavy atom. The number of nitrogens with zero attached hydrogens (tertiary/aromatic N) is 1. The third-order valence-corrected chi connectivity index (χ3v) is 5.33. The molecule has 104 valence electrons.